The summed E-state index contributed by atoms with van der Waals surface area (Å²) < 4.78 is 0. The lowest BCUT2D eigenvalue weighted by atomic mass is 10.1. The maximum atomic E-state index is 12.0. The van der Waals surface area contributed by atoms with Gasteiger partial charge in [0, 0.05) is 18.0 Å². The highest BCUT2D eigenvalue weighted by molar-refractivity contribution is 6.08. The number of aliphatic hydroxyl groups excluding tert-OH is 1. The van der Waals surface area contributed by atoms with Crippen LogP contribution in [-0.4, -0.2) is 15.9 Å². The number of ketones is 1. The second kappa shape index (κ2) is 6.20. The highest BCUT2D eigenvalue weighted by Crippen LogP contribution is 2.14. The van der Waals surface area contributed by atoms with Crippen molar-refractivity contribution in [1.82, 2.24) is 4.98 Å². The molecule has 0 radical (unpaired) electrons. The molecule has 0 saturated carbocycles. The van der Waals surface area contributed by atoms with E-state index in [2.05, 4.69) is 15.2 Å². The van der Waals surface area contributed by atoms with Crippen molar-refractivity contribution < 1.29 is 9.90 Å². The van der Waals surface area contributed by atoms with Gasteiger partial charge >= 0.3 is 0 Å². The van der Waals surface area contributed by atoms with E-state index in [9.17, 15) is 4.79 Å². The van der Waals surface area contributed by atoms with Gasteiger partial charge in [0.05, 0.1) is 5.69 Å². The van der Waals surface area contributed by atoms with Crippen LogP contribution >= 0.6 is 0 Å². The van der Waals surface area contributed by atoms with Crippen LogP contribution < -0.4 is 0 Å². The van der Waals surface area contributed by atoms with Crippen molar-refractivity contribution in [3.05, 3.63) is 72.4 Å². The summed E-state index contributed by atoms with van der Waals surface area (Å²) in [5.41, 5.74) is 0.863. The number of rotatable bonds is 4. The molecule has 0 fully saturated rings. The predicted molar refractivity (Wildman–Crippen MR) is 70.2 cm³/mol. The van der Waals surface area contributed by atoms with Crippen LogP contribution in [0.2, 0.25) is 0 Å². The lowest BCUT2D eigenvalue weighted by Gasteiger charge is -1.98. The molecule has 0 amide bonds. The fourth-order valence-corrected chi connectivity index (χ4v) is 1.39. The molecule has 0 spiro atoms. The maximum Gasteiger partial charge on any atom is 0.216 e. The van der Waals surface area contributed by atoms with E-state index >= 15 is 0 Å². The number of nitrogens with zero attached hydrogens (tertiary/aromatic N) is 3. The standard InChI is InChI=1S/C14H11N3O2/c18-10-13(14(19)11-6-8-15-9-7-11)17-16-12-4-2-1-3-5-12/h1-10,18H/b13-10+,17-16?. The minimum Gasteiger partial charge on any atom is -0.513 e. The summed E-state index contributed by atoms with van der Waals surface area (Å²) in [6.45, 7) is 0. The minimum atomic E-state index is -0.412. The van der Waals surface area contributed by atoms with E-state index in [0.29, 0.717) is 17.5 Å². The fraction of sp³-hybridized carbons (Fsp3) is 0. The minimum absolute atomic E-state index is 0.130. The largest absolute Gasteiger partial charge is 0.513 e. The molecule has 0 saturated heterocycles. The number of hydrogen-bond donors (Lipinski definition) is 1. The average molecular weight is 253 g/mol. The molecule has 2 rings (SSSR count). The fourth-order valence-electron chi connectivity index (χ4n) is 1.39. The Labute approximate surface area is 110 Å². The van der Waals surface area contributed by atoms with E-state index in [-0.39, 0.29) is 5.70 Å². The Hall–Kier alpha value is -2.82. The number of benzene rings is 1. The van der Waals surface area contributed by atoms with Crippen LogP contribution in [0, 0.1) is 0 Å². The summed E-state index contributed by atoms with van der Waals surface area (Å²) in [6, 6.07) is 12.0. The molecule has 1 N–H and O–H groups in total. The Morgan fingerprint density at radius 1 is 1.11 bits per heavy atom. The summed E-state index contributed by atoms with van der Waals surface area (Å²) in [5, 5.41) is 16.7. The monoisotopic (exact) mass is 253 g/mol. The Balaban J connectivity index is 2.18. The predicted octanol–water partition coefficient (Wildman–Crippen LogP) is 3.45. The number of allylic oxidation sites excluding steroid dienone is 1. The topological polar surface area (TPSA) is 74.9 Å². The molecule has 0 bridgehead atoms. The van der Waals surface area contributed by atoms with Gasteiger partial charge < -0.3 is 5.11 Å². The van der Waals surface area contributed by atoms with E-state index in [1.807, 2.05) is 6.07 Å². The summed E-state index contributed by atoms with van der Waals surface area (Å²) in [7, 11) is 0. The lowest BCUT2D eigenvalue weighted by molar-refractivity contribution is 0.102. The zero-order valence-corrected chi connectivity index (χ0v) is 9.97. The first-order valence-electron chi connectivity index (χ1n) is 5.57. The van der Waals surface area contributed by atoms with Crippen molar-refractivity contribution in [1.29, 1.82) is 0 Å². The molecule has 1 heterocycles. The molecule has 0 atom stereocenters. The molecular weight excluding hydrogens is 242 g/mol. The van der Waals surface area contributed by atoms with Gasteiger partial charge in [0.25, 0.3) is 0 Å². The normalized spacial score (nSPS) is 11.7. The number of pyridine rings is 1. The van der Waals surface area contributed by atoms with Crippen LogP contribution in [0.15, 0.2) is 77.0 Å². The summed E-state index contributed by atoms with van der Waals surface area (Å²) in [4.78, 5) is 15.8. The average Bonchev–Trinajstić information content (AvgIpc) is 2.49. The Morgan fingerprint density at radius 3 is 2.42 bits per heavy atom. The molecule has 19 heavy (non-hydrogen) atoms. The van der Waals surface area contributed by atoms with Gasteiger partial charge in [-0.15, -0.1) is 5.11 Å². The molecule has 2 aromatic rings. The smallest absolute Gasteiger partial charge is 0.216 e. The lowest BCUT2D eigenvalue weighted by Crippen LogP contribution is -2.01. The maximum absolute atomic E-state index is 12.0. The third kappa shape index (κ3) is 3.32. The third-order valence-electron chi connectivity index (χ3n) is 2.33. The van der Waals surface area contributed by atoms with Gasteiger partial charge in [0.15, 0.2) is 5.70 Å². The highest BCUT2D eigenvalue weighted by atomic mass is 16.2. The molecule has 0 aliphatic rings. The van der Waals surface area contributed by atoms with Crippen LogP contribution in [0.4, 0.5) is 5.69 Å². The van der Waals surface area contributed by atoms with Crippen molar-refractivity contribution in [3.63, 3.8) is 0 Å². The molecule has 1 aromatic heterocycles. The van der Waals surface area contributed by atoms with Crippen molar-refractivity contribution in [2.45, 2.75) is 0 Å². The van der Waals surface area contributed by atoms with E-state index in [0.717, 1.165) is 0 Å². The van der Waals surface area contributed by atoms with E-state index in [1.54, 1.807) is 36.4 Å². The molecule has 0 aliphatic carbocycles. The van der Waals surface area contributed by atoms with Crippen LogP contribution in [0.3, 0.4) is 0 Å². The first-order valence-corrected chi connectivity index (χ1v) is 5.57. The second-order valence-corrected chi connectivity index (χ2v) is 3.61. The summed E-state index contributed by atoms with van der Waals surface area (Å²) >= 11 is 0. The molecule has 1 aromatic carbocycles. The summed E-state index contributed by atoms with van der Waals surface area (Å²) in [6.07, 6.45) is 3.64. The summed E-state index contributed by atoms with van der Waals surface area (Å²) in [5.74, 6) is -0.412. The number of aliphatic hydroxyl groups is 1. The first-order chi connectivity index (χ1) is 9.31. The number of hydrogen-bond acceptors (Lipinski definition) is 5. The number of azo groups is 1. The first kappa shape index (κ1) is 12.6. The molecule has 0 unspecified atom stereocenters. The van der Waals surface area contributed by atoms with Gasteiger partial charge in [0.1, 0.15) is 6.26 Å². The van der Waals surface area contributed by atoms with Crippen LogP contribution in [0.5, 0.6) is 0 Å². The van der Waals surface area contributed by atoms with E-state index in [4.69, 9.17) is 5.11 Å². The third-order valence-corrected chi connectivity index (χ3v) is 2.33. The quantitative estimate of drug-likeness (QED) is 0.392. The van der Waals surface area contributed by atoms with Gasteiger partial charge in [-0.25, -0.2) is 0 Å². The van der Waals surface area contributed by atoms with Crippen LogP contribution in [0.1, 0.15) is 10.4 Å². The molecule has 94 valence electrons. The van der Waals surface area contributed by atoms with Crippen molar-refractivity contribution in [3.8, 4) is 0 Å². The molecule has 0 aliphatic heterocycles. The Bertz CT molecular complexity index is 607. The van der Waals surface area contributed by atoms with Crippen LogP contribution in [-0.2, 0) is 0 Å². The second-order valence-electron chi connectivity index (χ2n) is 3.61. The van der Waals surface area contributed by atoms with Gasteiger partial charge in [-0.1, -0.05) is 18.2 Å². The number of aromatic nitrogens is 1. The molecular formula is C14H11N3O2. The van der Waals surface area contributed by atoms with E-state index < -0.39 is 5.78 Å². The SMILES string of the molecule is O=C(/C(=C\O)N=Nc1ccccc1)c1ccncc1. The zero-order valence-electron chi connectivity index (χ0n) is 9.97. The number of carbonyl (C=O) groups excluding carboxylic acids is 1. The van der Waals surface area contributed by atoms with Crippen molar-refractivity contribution in [2.75, 3.05) is 0 Å². The van der Waals surface area contributed by atoms with Gasteiger partial charge in [-0.05, 0) is 24.3 Å². The molecule has 5 nitrogen and oxygen atoms in total. The van der Waals surface area contributed by atoms with E-state index in [1.165, 1.54) is 12.4 Å². The number of Topliss-reactive ketones (excluding diaryl/α,β-unsaturated/α-hetero) is 1. The highest BCUT2D eigenvalue weighted by Gasteiger charge is 2.11. The van der Waals surface area contributed by atoms with Gasteiger partial charge in [-0.3, -0.25) is 9.78 Å². The zero-order chi connectivity index (χ0) is 13.5. The van der Waals surface area contributed by atoms with Crippen LogP contribution in [0.25, 0.3) is 0 Å². The van der Waals surface area contributed by atoms with Gasteiger partial charge in [0.2, 0.25) is 5.78 Å². The Morgan fingerprint density at radius 2 is 1.79 bits per heavy atom. The Kier molecular flexibility index (Phi) is 4.12. The molecule has 5 heteroatoms. The van der Waals surface area contributed by atoms with Crippen molar-refractivity contribution >= 4 is 11.5 Å². The van der Waals surface area contributed by atoms with Crippen molar-refractivity contribution in [2.24, 2.45) is 10.2 Å². The number of carbonyl (C=O) groups is 1. The van der Waals surface area contributed by atoms with Gasteiger partial charge in [-0.2, -0.15) is 5.11 Å².